The molecule has 0 unspecified atom stereocenters. The molecule has 102 valence electrons. The maximum Gasteiger partial charge on any atom is 0.285 e. The molecule has 1 aliphatic rings. The maximum absolute atomic E-state index is 12.0. The molecule has 1 amide bonds. The first-order chi connectivity index (χ1) is 10.3. The zero-order chi connectivity index (χ0) is 14.7. The first-order valence-electron chi connectivity index (χ1n) is 6.38. The first-order valence-corrected chi connectivity index (χ1v) is 6.38. The highest BCUT2D eigenvalue weighted by molar-refractivity contribution is 6.04. The third-order valence-electron chi connectivity index (χ3n) is 3.03. The van der Waals surface area contributed by atoms with Gasteiger partial charge in [0.2, 0.25) is 5.90 Å². The smallest absolute Gasteiger partial charge is 0.285 e. The summed E-state index contributed by atoms with van der Waals surface area (Å²) in [4.78, 5) is 12.0. The van der Waals surface area contributed by atoms with E-state index in [4.69, 9.17) is 10.00 Å². The van der Waals surface area contributed by atoms with Crippen LogP contribution in [0.5, 0.6) is 0 Å². The average Bonchev–Trinajstić information content (AvgIpc) is 2.56. The van der Waals surface area contributed by atoms with Crippen LogP contribution >= 0.6 is 0 Å². The number of carbonyl (C=O) groups is 1. The molecular formula is C16H11N3O2. The Morgan fingerprint density at radius 2 is 1.81 bits per heavy atom. The van der Waals surface area contributed by atoms with E-state index in [1.54, 1.807) is 24.3 Å². The second kappa shape index (κ2) is 5.47. The molecule has 0 saturated carbocycles. The van der Waals surface area contributed by atoms with Gasteiger partial charge < -0.3 is 4.74 Å². The lowest BCUT2D eigenvalue weighted by atomic mass is 10.2. The van der Waals surface area contributed by atoms with Crippen LogP contribution in [0.4, 0.5) is 5.69 Å². The van der Waals surface area contributed by atoms with Gasteiger partial charge in [-0.25, -0.2) is 0 Å². The van der Waals surface area contributed by atoms with Gasteiger partial charge in [-0.1, -0.05) is 30.3 Å². The van der Waals surface area contributed by atoms with Crippen LogP contribution in [0, 0.1) is 11.3 Å². The van der Waals surface area contributed by atoms with Crippen LogP contribution in [0.1, 0.15) is 11.1 Å². The minimum absolute atomic E-state index is 0.104. The Morgan fingerprint density at radius 3 is 2.57 bits per heavy atom. The van der Waals surface area contributed by atoms with Gasteiger partial charge in [-0.05, 0) is 24.3 Å². The Hall–Kier alpha value is -3.13. The average molecular weight is 277 g/mol. The number of benzene rings is 2. The number of rotatable bonds is 2. The molecule has 21 heavy (non-hydrogen) atoms. The predicted molar refractivity (Wildman–Crippen MR) is 77.6 cm³/mol. The summed E-state index contributed by atoms with van der Waals surface area (Å²) in [6, 6.07) is 18.2. The van der Waals surface area contributed by atoms with Crippen LogP contribution in [0.15, 0.2) is 59.7 Å². The topological polar surface area (TPSA) is 65.7 Å². The Balaban J connectivity index is 2.05. The Bertz CT molecular complexity index is 748. The highest BCUT2D eigenvalue weighted by atomic mass is 16.5. The van der Waals surface area contributed by atoms with Crippen LogP contribution in [0.25, 0.3) is 0 Å². The lowest BCUT2D eigenvalue weighted by Gasteiger charge is -2.24. The number of hydrogen-bond donors (Lipinski definition) is 0. The summed E-state index contributed by atoms with van der Waals surface area (Å²) in [7, 11) is 0. The molecule has 5 nitrogen and oxygen atoms in total. The van der Waals surface area contributed by atoms with E-state index < -0.39 is 0 Å². The van der Waals surface area contributed by atoms with Gasteiger partial charge in [-0.15, -0.1) is 5.10 Å². The highest BCUT2D eigenvalue weighted by Gasteiger charge is 2.25. The molecule has 0 saturated heterocycles. The molecule has 0 N–H and O–H groups in total. The fourth-order valence-electron chi connectivity index (χ4n) is 2.03. The van der Waals surface area contributed by atoms with Crippen molar-refractivity contribution in [2.75, 3.05) is 11.6 Å². The van der Waals surface area contributed by atoms with Gasteiger partial charge in [0, 0.05) is 5.56 Å². The van der Waals surface area contributed by atoms with Crippen LogP contribution < -0.4 is 5.01 Å². The summed E-state index contributed by atoms with van der Waals surface area (Å²) in [5.74, 6) is 0.0559. The monoisotopic (exact) mass is 277 g/mol. The molecule has 2 aromatic carbocycles. The third kappa shape index (κ3) is 2.47. The minimum Gasteiger partial charge on any atom is -0.466 e. The second-order valence-corrected chi connectivity index (χ2v) is 4.39. The van der Waals surface area contributed by atoms with E-state index in [2.05, 4.69) is 11.2 Å². The van der Waals surface area contributed by atoms with Crippen LogP contribution in [-0.4, -0.2) is 18.4 Å². The number of anilines is 1. The number of hydrazone groups is 1. The molecule has 3 rings (SSSR count). The molecule has 1 heterocycles. The van der Waals surface area contributed by atoms with Crippen molar-refractivity contribution >= 4 is 17.5 Å². The zero-order valence-corrected chi connectivity index (χ0v) is 11.1. The number of carbonyl (C=O) groups excluding carboxylic acids is 1. The molecule has 2 aromatic rings. The van der Waals surface area contributed by atoms with E-state index in [1.165, 1.54) is 5.01 Å². The van der Waals surface area contributed by atoms with Gasteiger partial charge in [0.1, 0.15) is 6.07 Å². The first kappa shape index (κ1) is 12.9. The highest BCUT2D eigenvalue weighted by Crippen LogP contribution is 2.23. The molecule has 1 aliphatic heterocycles. The number of nitriles is 1. The van der Waals surface area contributed by atoms with Crippen LogP contribution in [0.2, 0.25) is 0 Å². The summed E-state index contributed by atoms with van der Waals surface area (Å²) in [5, 5.41) is 14.6. The quantitative estimate of drug-likeness (QED) is 0.845. The Morgan fingerprint density at radius 1 is 1.10 bits per heavy atom. The van der Waals surface area contributed by atoms with Crippen molar-refractivity contribution in [3.63, 3.8) is 0 Å². The Labute approximate surface area is 121 Å². The van der Waals surface area contributed by atoms with Crippen molar-refractivity contribution in [3.05, 3.63) is 65.7 Å². The summed E-state index contributed by atoms with van der Waals surface area (Å²) in [6.07, 6.45) is 0. The van der Waals surface area contributed by atoms with E-state index in [9.17, 15) is 4.79 Å². The second-order valence-electron chi connectivity index (χ2n) is 4.39. The molecule has 0 aliphatic carbocycles. The maximum atomic E-state index is 12.0. The number of para-hydroxylation sites is 1. The molecule has 0 radical (unpaired) electrons. The lowest BCUT2D eigenvalue weighted by Crippen LogP contribution is -2.37. The number of ether oxygens (including phenoxy) is 1. The van der Waals surface area contributed by atoms with Gasteiger partial charge in [-0.3, -0.25) is 4.79 Å². The summed E-state index contributed by atoms with van der Waals surface area (Å²) in [6.45, 7) is -0.104. The fourth-order valence-corrected chi connectivity index (χ4v) is 2.03. The van der Waals surface area contributed by atoms with Gasteiger partial charge in [0.15, 0.2) is 6.61 Å². The molecule has 0 fully saturated rings. The largest absolute Gasteiger partial charge is 0.466 e. The van der Waals surface area contributed by atoms with Crippen LogP contribution in [-0.2, 0) is 9.53 Å². The molecule has 0 bridgehead atoms. The standard InChI is InChI=1S/C16H11N3O2/c17-10-13-8-4-5-9-14(13)19-15(20)11-21-16(18-19)12-6-2-1-3-7-12/h1-9H,11H2. The fraction of sp³-hybridized carbons (Fsp3) is 0.0625. The van der Waals surface area contributed by atoms with Gasteiger partial charge in [-0.2, -0.15) is 10.3 Å². The summed E-state index contributed by atoms with van der Waals surface area (Å²) >= 11 is 0. The third-order valence-corrected chi connectivity index (χ3v) is 3.03. The van der Waals surface area contributed by atoms with E-state index in [-0.39, 0.29) is 12.5 Å². The molecule has 0 spiro atoms. The molecule has 0 atom stereocenters. The van der Waals surface area contributed by atoms with E-state index in [1.807, 2.05) is 30.3 Å². The van der Waals surface area contributed by atoms with Crippen molar-refractivity contribution in [3.8, 4) is 6.07 Å². The van der Waals surface area contributed by atoms with E-state index in [0.717, 1.165) is 5.56 Å². The van der Waals surface area contributed by atoms with Crippen molar-refractivity contribution in [1.82, 2.24) is 0 Å². The van der Waals surface area contributed by atoms with Crippen molar-refractivity contribution < 1.29 is 9.53 Å². The van der Waals surface area contributed by atoms with Gasteiger partial charge >= 0.3 is 0 Å². The van der Waals surface area contributed by atoms with Gasteiger partial charge in [0.05, 0.1) is 11.3 Å². The van der Waals surface area contributed by atoms with Crippen molar-refractivity contribution in [1.29, 1.82) is 5.26 Å². The lowest BCUT2D eigenvalue weighted by molar-refractivity contribution is -0.121. The van der Waals surface area contributed by atoms with Crippen molar-refractivity contribution in [2.45, 2.75) is 0 Å². The Kier molecular flexibility index (Phi) is 3.36. The number of nitrogens with zero attached hydrogens (tertiary/aromatic N) is 3. The van der Waals surface area contributed by atoms with Gasteiger partial charge in [0.25, 0.3) is 5.91 Å². The molecule has 0 aromatic heterocycles. The zero-order valence-electron chi connectivity index (χ0n) is 11.1. The summed E-state index contributed by atoms with van der Waals surface area (Å²) < 4.78 is 5.38. The number of hydrogen-bond acceptors (Lipinski definition) is 4. The van der Waals surface area contributed by atoms with E-state index in [0.29, 0.717) is 17.1 Å². The minimum atomic E-state index is -0.308. The summed E-state index contributed by atoms with van der Waals surface area (Å²) in [5.41, 5.74) is 1.63. The SMILES string of the molecule is N#Cc1ccccc1N1N=C(c2ccccc2)OCC1=O. The van der Waals surface area contributed by atoms with Crippen LogP contribution in [0.3, 0.4) is 0 Å². The van der Waals surface area contributed by atoms with E-state index >= 15 is 0 Å². The normalized spacial score (nSPS) is 14.1. The van der Waals surface area contributed by atoms with Crippen molar-refractivity contribution in [2.24, 2.45) is 5.10 Å². The molecule has 5 heteroatoms. The predicted octanol–water partition coefficient (Wildman–Crippen LogP) is 2.28. The number of amides is 1. The molecular weight excluding hydrogens is 266 g/mol.